The van der Waals surface area contributed by atoms with Crippen LogP contribution < -0.4 is 9.46 Å². The van der Waals surface area contributed by atoms with Gasteiger partial charge in [-0.05, 0) is 42.7 Å². The number of hydrogen-bond donors (Lipinski definition) is 1. The first-order chi connectivity index (χ1) is 23.5. The minimum atomic E-state index is -4.09. The van der Waals surface area contributed by atoms with Crippen LogP contribution >= 0.6 is 0 Å². The second-order valence-corrected chi connectivity index (χ2v) is 13.3. The van der Waals surface area contributed by atoms with Crippen LogP contribution in [0.4, 0.5) is 0 Å². The molecule has 0 spiro atoms. The molecule has 11 nitrogen and oxygen atoms in total. The van der Waals surface area contributed by atoms with Gasteiger partial charge in [0, 0.05) is 0 Å². The highest BCUT2D eigenvalue weighted by atomic mass is 32.2. The minimum Gasteiger partial charge on any atom is -0.490 e. The van der Waals surface area contributed by atoms with Gasteiger partial charge in [-0.3, -0.25) is 4.79 Å². The Morgan fingerprint density at radius 3 is 1.92 bits per heavy atom. The highest BCUT2D eigenvalue weighted by Gasteiger charge is 2.22. The third-order valence-electron chi connectivity index (χ3n) is 7.69. The molecule has 3 rings (SSSR count). The quantitative estimate of drug-likeness (QED) is 0.244. The first-order valence-corrected chi connectivity index (χ1v) is 18.9. The number of aryl methyl sites for hydroxylation is 1. The number of unbranched alkanes of at least 4 members (excludes halogenated alkanes) is 7. The lowest BCUT2D eigenvalue weighted by atomic mass is 10.0. The highest BCUT2D eigenvalue weighted by Crippen LogP contribution is 2.23. The van der Waals surface area contributed by atoms with Crippen molar-refractivity contribution in [2.24, 2.45) is 0 Å². The number of sulfonamides is 1. The summed E-state index contributed by atoms with van der Waals surface area (Å²) in [7, 11) is -4.09. The van der Waals surface area contributed by atoms with Gasteiger partial charge >= 0.3 is 0 Å². The van der Waals surface area contributed by atoms with Gasteiger partial charge in [0.1, 0.15) is 18.5 Å². The zero-order valence-electron chi connectivity index (χ0n) is 28.5. The van der Waals surface area contributed by atoms with Crippen molar-refractivity contribution >= 4 is 15.9 Å². The molecular formula is C36H55NO10S. The molecule has 0 aliphatic carbocycles. The van der Waals surface area contributed by atoms with Gasteiger partial charge in [0.15, 0.2) is 0 Å². The van der Waals surface area contributed by atoms with Crippen molar-refractivity contribution in [1.29, 1.82) is 0 Å². The molecule has 1 N–H and O–H groups in total. The van der Waals surface area contributed by atoms with Gasteiger partial charge in [-0.1, -0.05) is 76.1 Å². The third-order valence-corrected chi connectivity index (χ3v) is 9.03. The van der Waals surface area contributed by atoms with Crippen LogP contribution in [-0.4, -0.2) is 99.7 Å². The van der Waals surface area contributed by atoms with Crippen molar-refractivity contribution in [2.75, 3.05) is 79.3 Å². The normalized spacial score (nSPS) is 18.0. The molecule has 0 bridgehead atoms. The first kappa shape index (κ1) is 39.9. The number of nitrogens with one attached hydrogen (secondary N) is 1. The molecule has 2 aromatic carbocycles. The smallest absolute Gasteiger partial charge is 0.268 e. The van der Waals surface area contributed by atoms with Crippen LogP contribution in [-0.2, 0) is 44.9 Å². The topological polar surface area (TPSA) is 128 Å². The maximum Gasteiger partial charge on any atom is 0.268 e. The van der Waals surface area contributed by atoms with Crippen molar-refractivity contribution in [3.8, 4) is 5.75 Å². The van der Waals surface area contributed by atoms with E-state index in [2.05, 4.69) is 11.6 Å². The predicted octanol–water partition coefficient (Wildman–Crippen LogP) is 5.35. The number of carbonyl (C=O) groups is 1. The molecule has 1 atom stereocenters. The Hall–Kier alpha value is -2.58. The molecule has 48 heavy (non-hydrogen) atoms. The minimum absolute atomic E-state index is 0.00368. The van der Waals surface area contributed by atoms with E-state index in [0.717, 1.165) is 24.8 Å². The van der Waals surface area contributed by atoms with E-state index in [0.29, 0.717) is 66.1 Å². The van der Waals surface area contributed by atoms with Crippen LogP contribution in [0.3, 0.4) is 0 Å². The third kappa shape index (κ3) is 16.7. The van der Waals surface area contributed by atoms with Crippen LogP contribution in [0, 0.1) is 0 Å². The molecular weight excluding hydrogens is 638 g/mol. The van der Waals surface area contributed by atoms with Crippen LogP contribution in [0.25, 0.3) is 0 Å². The Kier molecular flexibility index (Phi) is 20.4. The van der Waals surface area contributed by atoms with Crippen molar-refractivity contribution < 1.29 is 46.4 Å². The maximum absolute atomic E-state index is 13.5. The van der Waals surface area contributed by atoms with Gasteiger partial charge in [0.2, 0.25) is 0 Å². The number of ether oxygens (including phenoxy) is 7. The molecule has 0 saturated carbocycles. The summed E-state index contributed by atoms with van der Waals surface area (Å²) in [5.74, 6) is -0.500. The molecule has 0 radical (unpaired) electrons. The number of amides is 1. The van der Waals surface area contributed by atoms with Crippen LogP contribution in [0.2, 0.25) is 0 Å². The summed E-state index contributed by atoms with van der Waals surface area (Å²) >= 11 is 0. The molecule has 2 aromatic rings. The van der Waals surface area contributed by atoms with Gasteiger partial charge in [-0.25, -0.2) is 13.1 Å². The van der Waals surface area contributed by atoms with Crippen LogP contribution in [0.1, 0.15) is 74.2 Å². The molecule has 12 heteroatoms. The first-order valence-electron chi connectivity index (χ1n) is 17.4. The van der Waals surface area contributed by atoms with Crippen molar-refractivity contribution in [3.05, 3.63) is 59.7 Å². The lowest BCUT2D eigenvalue weighted by Gasteiger charge is -2.20. The average molecular weight is 694 g/mol. The number of carbonyl (C=O) groups excluding carboxylic acids is 1. The van der Waals surface area contributed by atoms with E-state index >= 15 is 0 Å². The molecule has 1 aliphatic heterocycles. The molecule has 1 amide bonds. The molecule has 1 aliphatic rings. The summed E-state index contributed by atoms with van der Waals surface area (Å²) in [5.41, 5.74) is 1.09. The summed E-state index contributed by atoms with van der Waals surface area (Å²) in [6.07, 6.45) is 9.86. The van der Waals surface area contributed by atoms with Gasteiger partial charge in [-0.2, -0.15) is 0 Å². The zero-order chi connectivity index (χ0) is 34.1. The van der Waals surface area contributed by atoms with Gasteiger partial charge < -0.3 is 33.2 Å². The average Bonchev–Trinajstić information content (AvgIpc) is 3.09. The number of hydrogen-bond acceptors (Lipinski definition) is 10. The molecule has 1 fully saturated rings. The molecule has 1 heterocycles. The fourth-order valence-corrected chi connectivity index (χ4v) is 6.02. The lowest BCUT2D eigenvalue weighted by Crippen LogP contribution is -2.32. The van der Waals surface area contributed by atoms with Gasteiger partial charge in [0.25, 0.3) is 15.9 Å². The summed E-state index contributed by atoms with van der Waals surface area (Å²) < 4.78 is 68.3. The van der Waals surface area contributed by atoms with Gasteiger partial charge in [0.05, 0.1) is 83.1 Å². The van der Waals surface area contributed by atoms with Crippen LogP contribution in [0.5, 0.6) is 5.75 Å². The van der Waals surface area contributed by atoms with Crippen molar-refractivity contribution in [2.45, 2.75) is 75.7 Å². The Bertz CT molecular complexity index is 1230. The Balaban J connectivity index is 1.65. The fraction of sp³-hybridized carbons (Fsp3) is 0.639. The van der Waals surface area contributed by atoms with E-state index in [1.807, 2.05) is 6.07 Å². The van der Waals surface area contributed by atoms with E-state index in [1.165, 1.54) is 50.7 Å². The second-order valence-electron chi connectivity index (χ2n) is 11.6. The Morgan fingerprint density at radius 2 is 1.29 bits per heavy atom. The van der Waals surface area contributed by atoms with Crippen molar-refractivity contribution in [1.82, 2.24) is 4.72 Å². The van der Waals surface area contributed by atoms with E-state index in [-0.39, 0.29) is 29.4 Å². The lowest BCUT2D eigenvalue weighted by molar-refractivity contribution is -0.0711. The van der Waals surface area contributed by atoms with Crippen LogP contribution in [0.15, 0.2) is 53.4 Å². The number of benzene rings is 2. The van der Waals surface area contributed by atoms with E-state index in [4.69, 9.17) is 33.2 Å². The monoisotopic (exact) mass is 693 g/mol. The van der Waals surface area contributed by atoms with E-state index < -0.39 is 22.0 Å². The van der Waals surface area contributed by atoms with E-state index in [9.17, 15) is 13.2 Å². The van der Waals surface area contributed by atoms with Crippen molar-refractivity contribution in [3.63, 3.8) is 0 Å². The standard InChI is InChI=1S/C36H55NO10S/c1-2-3-4-5-6-7-8-10-13-31-16-17-35(34(28-31)36(38)37-48(39,40)33-14-11-9-12-15-33)47-30-32-29-45-25-24-43-21-20-41-18-19-42-22-23-44-26-27-46-32/h9,11-12,14-17,28,32H,2-8,10,13,18-27,29-30H2,1H3,(H,37,38). The Labute approximate surface area is 287 Å². The van der Waals surface area contributed by atoms with Gasteiger partial charge in [-0.15, -0.1) is 0 Å². The molecule has 1 unspecified atom stereocenters. The molecule has 0 aromatic heterocycles. The number of rotatable bonds is 15. The zero-order valence-corrected chi connectivity index (χ0v) is 29.4. The van der Waals surface area contributed by atoms with E-state index in [1.54, 1.807) is 30.3 Å². The molecule has 270 valence electrons. The summed E-state index contributed by atoms with van der Waals surface area (Å²) in [6.45, 7) is 6.73. The summed E-state index contributed by atoms with van der Waals surface area (Å²) in [4.78, 5) is 13.5. The predicted molar refractivity (Wildman–Crippen MR) is 183 cm³/mol. The summed E-state index contributed by atoms with van der Waals surface area (Å²) in [5, 5.41) is 0. The Morgan fingerprint density at radius 1 is 0.729 bits per heavy atom. The summed E-state index contributed by atoms with van der Waals surface area (Å²) in [6, 6.07) is 13.2. The maximum atomic E-state index is 13.5. The second kappa shape index (κ2) is 24.5. The molecule has 1 saturated heterocycles. The fourth-order valence-electron chi connectivity index (χ4n) is 5.03. The largest absolute Gasteiger partial charge is 0.490 e. The SMILES string of the molecule is CCCCCCCCCCc1ccc(OCC2COCCOCCOCCOCCOCCO2)c(C(=O)NS(=O)(=O)c2ccccc2)c1. The highest BCUT2D eigenvalue weighted by molar-refractivity contribution is 7.90.